The molecule has 0 aliphatic heterocycles. The lowest BCUT2D eigenvalue weighted by Gasteiger charge is -2.12. The van der Waals surface area contributed by atoms with Gasteiger partial charge in [0.25, 0.3) is 0 Å². The largest absolute Gasteiger partial charge is 0.451 e. The Labute approximate surface area is 151 Å². The first-order valence-electron chi connectivity index (χ1n) is 7.37. The van der Waals surface area contributed by atoms with Gasteiger partial charge in [-0.2, -0.15) is 17.2 Å². The number of hydrogen-bond acceptors (Lipinski definition) is 3. The molecule has 0 aliphatic rings. The van der Waals surface area contributed by atoms with Crippen molar-refractivity contribution in [2.24, 2.45) is 0 Å². The van der Waals surface area contributed by atoms with Gasteiger partial charge in [-0.3, -0.25) is 4.55 Å². The normalized spacial score (nSPS) is 11.4. The third-order valence-electron chi connectivity index (χ3n) is 3.62. The van der Waals surface area contributed by atoms with E-state index in [1.165, 1.54) is 12.1 Å². The molecular weight excluding hydrogens is 388 g/mol. The van der Waals surface area contributed by atoms with Crippen molar-refractivity contribution in [2.45, 2.75) is 4.90 Å². The summed E-state index contributed by atoms with van der Waals surface area (Å²) in [6.07, 6.45) is 0. The Morgan fingerprint density at radius 3 is 1.67 bits per heavy atom. The second kappa shape index (κ2) is 7.01. The van der Waals surface area contributed by atoms with Crippen LogP contribution in [0.1, 0.15) is 0 Å². The maximum atomic E-state index is 14.0. The van der Waals surface area contributed by atoms with E-state index in [1.807, 2.05) is 30.3 Å². The monoisotopic (exact) mass is 398 g/mol. The Morgan fingerprint density at radius 1 is 0.704 bits per heavy atom. The fraction of sp³-hybridized carbons (Fsp3) is 0. The molecule has 0 aliphatic carbocycles. The lowest BCUT2D eigenvalue weighted by Crippen LogP contribution is -2.11. The summed E-state index contributed by atoms with van der Waals surface area (Å²) in [7, 11) is -5.52. The van der Waals surface area contributed by atoms with Gasteiger partial charge >= 0.3 is 10.1 Å². The predicted octanol–water partition coefficient (Wildman–Crippen LogP) is 4.95. The standard InChI is InChI=1S/C18H10F4O4S/c19-13-15(21)18(27(23,24)25)16(22)14(20)17(13)26-12-8-6-11(7-9-12)10-4-2-1-3-5-10/h1-9H,(H,23,24,25). The first kappa shape index (κ1) is 18.9. The second-order valence-corrected chi connectivity index (χ2v) is 6.74. The second-order valence-electron chi connectivity index (χ2n) is 5.38. The molecule has 0 saturated carbocycles. The molecule has 0 heterocycles. The molecule has 0 amide bonds. The van der Waals surface area contributed by atoms with Gasteiger partial charge in [0.2, 0.25) is 17.4 Å². The molecule has 0 saturated heterocycles. The number of benzene rings is 3. The van der Waals surface area contributed by atoms with Gasteiger partial charge in [0, 0.05) is 0 Å². The van der Waals surface area contributed by atoms with Gasteiger partial charge in [-0.15, -0.1) is 0 Å². The molecule has 3 aromatic rings. The van der Waals surface area contributed by atoms with Crippen molar-refractivity contribution < 1.29 is 35.3 Å². The maximum absolute atomic E-state index is 14.0. The fourth-order valence-corrected chi connectivity index (χ4v) is 3.00. The smallest absolute Gasteiger partial charge is 0.300 e. The molecule has 0 spiro atoms. The molecular formula is C18H10F4O4S. The minimum absolute atomic E-state index is 0.147. The van der Waals surface area contributed by atoms with Gasteiger partial charge in [-0.25, -0.2) is 8.78 Å². The summed E-state index contributed by atoms with van der Waals surface area (Å²) in [6, 6.07) is 14.8. The first-order valence-corrected chi connectivity index (χ1v) is 8.81. The third-order valence-corrected chi connectivity index (χ3v) is 4.50. The molecule has 0 atom stereocenters. The number of ether oxygens (including phenoxy) is 1. The molecule has 27 heavy (non-hydrogen) atoms. The lowest BCUT2D eigenvalue weighted by molar-refractivity contribution is 0.346. The Bertz CT molecular complexity index is 1070. The van der Waals surface area contributed by atoms with E-state index >= 15 is 0 Å². The van der Waals surface area contributed by atoms with E-state index in [4.69, 9.17) is 9.29 Å². The van der Waals surface area contributed by atoms with Crippen molar-refractivity contribution in [1.82, 2.24) is 0 Å². The average Bonchev–Trinajstić information content (AvgIpc) is 2.64. The van der Waals surface area contributed by atoms with Crippen LogP contribution in [0, 0.1) is 23.3 Å². The van der Waals surface area contributed by atoms with E-state index in [2.05, 4.69) is 0 Å². The SMILES string of the molecule is O=S(=O)(O)c1c(F)c(F)c(Oc2ccc(-c3ccccc3)cc2)c(F)c1F. The summed E-state index contributed by atoms with van der Waals surface area (Å²) in [5.41, 5.74) is 1.61. The molecule has 9 heteroatoms. The fourth-order valence-electron chi connectivity index (χ4n) is 2.37. The molecule has 3 aromatic carbocycles. The molecule has 4 nitrogen and oxygen atoms in total. The molecule has 0 unspecified atom stereocenters. The zero-order valence-electron chi connectivity index (χ0n) is 13.3. The van der Waals surface area contributed by atoms with Crippen LogP contribution in [0.15, 0.2) is 59.5 Å². The van der Waals surface area contributed by atoms with Crippen LogP contribution in [-0.4, -0.2) is 13.0 Å². The molecule has 1 N–H and O–H groups in total. The Balaban J connectivity index is 1.99. The highest BCUT2D eigenvalue weighted by molar-refractivity contribution is 7.85. The van der Waals surface area contributed by atoms with Crippen molar-refractivity contribution in [3.63, 3.8) is 0 Å². The van der Waals surface area contributed by atoms with Crippen LogP contribution >= 0.6 is 0 Å². The highest BCUT2D eigenvalue weighted by Gasteiger charge is 2.33. The quantitative estimate of drug-likeness (QED) is 0.384. The Kier molecular flexibility index (Phi) is 4.90. The van der Waals surface area contributed by atoms with Gasteiger partial charge in [0.05, 0.1) is 0 Å². The zero-order valence-corrected chi connectivity index (χ0v) is 14.1. The maximum Gasteiger partial charge on any atom is 0.300 e. The van der Waals surface area contributed by atoms with Crippen LogP contribution in [-0.2, 0) is 10.1 Å². The summed E-state index contributed by atoms with van der Waals surface area (Å²) in [5.74, 6) is -10.4. The van der Waals surface area contributed by atoms with Crippen LogP contribution in [0.4, 0.5) is 17.6 Å². The highest BCUT2D eigenvalue weighted by Crippen LogP contribution is 2.35. The Morgan fingerprint density at radius 2 is 1.19 bits per heavy atom. The van der Waals surface area contributed by atoms with E-state index in [1.54, 1.807) is 12.1 Å². The highest BCUT2D eigenvalue weighted by atomic mass is 32.2. The van der Waals surface area contributed by atoms with Gasteiger partial charge in [0.15, 0.2) is 16.5 Å². The van der Waals surface area contributed by atoms with Gasteiger partial charge in [0.1, 0.15) is 5.75 Å². The van der Waals surface area contributed by atoms with E-state index in [-0.39, 0.29) is 5.75 Å². The van der Waals surface area contributed by atoms with Gasteiger partial charge in [-0.05, 0) is 23.3 Å². The summed E-state index contributed by atoms with van der Waals surface area (Å²) >= 11 is 0. The summed E-state index contributed by atoms with van der Waals surface area (Å²) in [6.45, 7) is 0. The van der Waals surface area contributed by atoms with E-state index in [0.29, 0.717) is 0 Å². The molecule has 0 aromatic heterocycles. The summed E-state index contributed by atoms with van der Waals surface area (Å²) < 4.78 is 91.0. The molecule has 0 radical (unpaired) electrons. The third kappa shape index (κ3) is 3.64. The topological polar surface area (TPSA) is 63.6 Å². The van der Waals surface area contributed by atoms with Crippen LogP contribution in [0.25, 0.3) is 11.1 Å². The lowest BCUT2D eigenvalue weighted by atomic mass is 10.1. The van der Waals surface area contributed by atoms with Crippen LogP contribution in [0.5, 0.6) is 11.5 Å². The minimum atomic E-state index is -5.52. The van der Waals surface area contributed by atoms with E-state index < -0.39 is 44.0 Å². The van der Waals surface area contributed by atoms with Crippen molar-refractivity contribution >= 4 is 10.1 Å². The zero-order chi connectivity index (χ0) is 19.8. The van der Waals surface area contributed by atoms with E-state index in [0.717, 1.165) is 11.1 Å². The summed E-state index contributed by atoms with van der Waals surface area (Å²) in [4.78, 5) is -2.12. The number of rotatable bonds is 4. The number of halogens is 4. The van der Waals surface area contributed by atoms with Crippen LogP contribution < -0.4 is 4.74 Å². The van der Waals surface area contributed by atoms with E-state index in [9.17, 15) is 26.0 Å². The minimum Gasteiger partial charge on any atom is -0.451 e. The van der Waals surface area contributed by atoms with Crippen molar-refractivity contribution in [1.29, 1.82) is 0 Å². The predicted molar refractivity (Wildman–Crippen MR) is 88.0 cm³/mol. The molecule has 0 bridgehead atoms. The molecule has 140 valence electrons. The Hall–Kier alpha value is -2.91. The molecule has 0 fully saturated rings. The van der Waals surface area contributed by atoms with Crippen molar-refractivity contribution in [3.05, 3.63) is 77.9 Å². The molecule has 3 rings (SSSR count). The van der Waals surface area contributed by atoms with Crippen LogP contribution in [0.3, 0.4) is 0 Å². The number of hydrogen-bond donors (Lipinski definition) is 1. The average molecular weight is 398 g/mol. The van der Waals surface area contributed by atoms with Crippen molar-refractivity contribution in [3.8, 4) is 22.6 Å². The van der Waals surface area contributed by atoms with Gasteiger partial charge in [-0.1, -0.05) is 42.5 Å². The van der Waals surface area contributed by atoms with Gasteiger partial charge < -0.3 is 4.74 Å². The van der Waals surface area contributed by atoms with Crippen LogP contribution in [0.2, 0.25) is 0 Å². The summed E-state index contributed by atoms with van der Waals surface area (Å²) in [5, 5.41) is 0. The van der Waals surface area contributed by atoms with Crippen molar-refractivity contribution in [2.75, 3.05) is 0 Å². The first-order chi connectivity index (χ1) is 12.7.